The summed E-state index contributed by atoms with van der Waals surface area (Å²) in [6.45, 7) is 3.32. The van der Waals surface area contributed by atoms with Crippen molar-refractivity contribution in [1.29, 1.82) is 0 Å². The van der Waals surface area contributed by atoms with Crippen molar-refractivity contribution in [2.24, 2.45) is 0 Å². The SMILES string of the molecule is CCCn1nccc1NC(=O)c1ccc(COc2ccccc2)cc1. The predicted octanol–water partition coefficient (Wildman–Crippen LogP) is 4.12. The Morgan fingerprint density at radius 1 is 1.08 bits per heavy atom. The number of benzene rings is 2. The monoisotopic (exact) mass is 335 g/mol. The van der Waals surface area contributed by atoms with Gasteiger partial charge in [-0.1, -0.05) is 37.3 Å². The molecule has 0 atom stereocenters. The topological polar surface area (TPSA) is 56.2 Å². The number of anilines is 1. The van der Waals surface area contributed by atoms with E-state index in [9.17, 15) is 4.79 Å². The Morgan fingerprint density at radius 3 is 2.56 bits per heavy atom. The lowest BCUT2D eigenvalue weighted by Gasteiger charge is -2.09. The van der Waals surface area contributed by atoms with Gasteiger partial charge < -0.3 is 10.1 Å². The molecule has 1 heterocycles. The molecule has 0 bridgehead atoms. The third-order valence-electron chi connectivity index (χ3n) is 3.76. The van der Waals surface area contributed by atoms with Gasteiger partial charge >= 0.3 is 0 Å². The normalized spacial score (nSPS) is 10.4. The Kier molecular flexibility index (Phi) is 5.46. The molecule has 0 radical (unpaired) electrons. The second-order valence-electron chi connectivity index (χ2n) is 5.69. The number of amides is 1. The highest BCUT2D eigenvalue weighted by atomic mass is 16.5. The molecule has 0 unspecified atom stereocenters. The second kappa shape index (κ2) is 8.15. The minimum atomic E-state index is -0.145. The number of para-hydroxylation sites is 1. The summed E-state index contributed by atoms with van der Waals surface area (Å²) in [5.41, 5.74) is 1.61. The van der Waals surface area contributed by atoms with Gasteiger partial charge in [-0.3, -0.25) is 4.79 Å². The fourth-order valence-electron chi connectivity index (χ4n) is 2.45. The van der Waals surface area contributed by atoms with Crippen LogP contribution in [0.15, 0.2) is 66.9 Å². The fourth-order valence-corrected chi connectivity index (χ4v) is 2.45. The molecule has 1 aromatic heterocycles. The quantitative estimate of drug-likeness (QED) is 0.706. The van der Waals surface area contributed by atoms with Crippen LogP contribution in [-0.4, -0.2) is 15.7 Å². The molecule has 0 spiro atoms. The number of aromatic nitrogens is 2. The molecule has 3 aromatic rings. The van der Waals surface area contributed by atoms with Crippen molar-refractivity contribution in [3.8, 4) is 5.75 Å². The molecule has 3 rings (SSSR count). The summed E-state index contributed by atoms with van der Waals surface area (Å²) in [6.07, 6.45) is 2.65. The van der Waals surface area contributed by atoms with E-state index in [-0.39, 0.29) is 5.91 Å². The summed E-state index contributed by atoms with van der Waals surface area (Å²) >= 11 is 0. The van der Waals surface area contributed by atoms with E-state index in [1.807, 2.05) is 42.5 Å². The van der Waals surface area contributed by atoms with Gasteiger partial charge in [-0.2, -0.15) is 5.10 Å². The van der Waals surface area contributed by atoms with Crippen molar-refractivity contribution in [2.75, 3.05) is 5.32 Å². The van der Waals surface area contributed by atoms with Gasteiger partial charge in [-0.25, -0.2) is 4.68 Å². The first-order valence-electron chi connectivity index (χ1n) is 8.36. The van der Waals surface area contributed by atoms with Crippen molar-refractivity contribution in [2.45, 2.75) is 26.5 Å². The van der Waals surface area contributed by atoms with Gasteiger partial charge in [-0.05, 0) is 36.2 Å². The van der Waals surface area contributed by atoms with Crippen LogP contribution < -0.4 is 10.1 Å². The highest BCUT2D eigenvalue weighted by molar-refractivity contribution is 6.03. The van der Waals surface area contributed by atoms with E-state index in [1.54, 1.807) is 29.1 Å². The second-order valence-corrected chi connectivity index (χ2v) is 5.69. The molecule has 0 saturated carbocycles. The number of nitrogens with zero attached hydrogens (tertiary/aromatic N) is 2. The van der Waals surface area contributed by atoms with Crippen molar-refractivity contribution in [3.63, 3.8) is 0 Å². The van der Waals surface area contributed by atoms with Gasteiger partial charge in [0.2, 0.25) is 0 Å². The van der Waals surface area contributed by atoms with Crippen molar-refractivity contribution in [3.05, 3.63) is 78.0 Å². The lowest BCUT2D eigenvalue weighted by atomic mass is 10.1. The number of hydrogen-bond acceptors (Lipinski definition) is 3. The number of hydrogen-bond donors (Lipinski definition) is 1. The summed E-state index contributed by atoms with van der Waals surface area (Å²) in [4.78, 5) is 12.4. The lowest BCUT2D eigenvalue weighted by molar-refractivity contribution is 0.102. The van der Waals surface area contributed by atoms with Crippen LogP contribution in [0.2, 0.25) is 0 Å². The van der Waals surface area contributed by atoms with Crippen LogP contribution in [0.25, 0.3) is 0 Å². The van der Waals surface area contributed by atoms with E-state index >= 15 is 0 Å². The Hall–Kier alpha value is -3.08. The largest absolute Gasteiger partial charge is 0.489 e. The molecular formula is C20H21N3O2. The van der Waals surface area contributed by atoms with E-state index < -0.39 is 0 Å². The summed E-state index contributed by atoms with van der Waals surface area (Å²) < 4.78 is 7.50. The van der Waals surface area contributed by atoms with Crippen LogP contribution >= 0.6 is 0 Å². The van der Waals surface area contributed by atoms with Crippen LogP contribution in [0.3, 0.4) is 0 Å². The van der Waals surface area contributed by atoms with Crippen LogP contribution in [0.5, 0.6) is 5.75 Å². The third kappa shape index (κ3) is 4.47. The van der Waals surface area contributed by atoms with Crippen molar-refractivity contribution >= 4 is 11.7 Å². The average Bonchev–Trinajstić information content (AvgIpc) is 3.08. The van der Waals surface area contributed by atoms with Crippen molar-refractivity contribution < 1.29 is 9.53 Å². The molecule has 0 aliphatic rings. The summed E-state index contributed by atoms with van der Waals surface area (Å²) in [5, 5.41) is 7.10. The molecule has 0 fully saturated rings. The van der Waals surface area contributed by atoms with E-state index in [4.69, 9.17) is 4.74 Å². The summed E-state index contributed by atoms with van der Waals surface area (Å²) in [5.74, 6) is 1.39. The number of carbonyl (C=O) groups excluding carboxylic acids is 1. The van der Waals surface area contributed by atoms with E-state index in [0.29, 0.717) is 18.0 Å². The van der Waals surface area contributed by atoms with Gasteiger partial charge in [0.1, 0.15) is 18.2 Å². The Bertz CT molecular complexity index is 810. The molecule has 0 aliphatic heterocycles. The molecule has 5 nitrogen and oxygen atoms in total. The standard InChI is InChI=1S/C20H21N3O2/c1-2-14-23-19(12-13-21-23)22-20(24)17-10-8-16(9-11-17)15-25-18-6-4-3-5-7-18/h3-13H,2,14-15H2,1H3,(H,22,24). The first-order valence-corrected chi connectivity index (χ1v) is 8.36. The fraction of sp³-hybridized carbons (Fsp3) is 0.200. The maximum atomic E-state index is 12.4. The van der Waals surface area contributed by atoms with E-state index in [1.165, 1.54) is 0 Å². The van der Waals surface area contributed by atoms with Crippen LogP contribution in [0, 0.1) is 0 Å². The first kappa shape index (κ1) is 16.8. The number of carbonyl (C=O) groups is 1. The molecule has 1 N–H and O–H groups in total. The Balaban J connectivity index is 1.59. The average molecular weight is 335 g/mol. The maximum absolute atomic E-state index is 12.4. The molecule has 25 heavy (non-hydrogen) atoms. The first-order chi connectivity index (χ1) is 12.3. The van der Waals surface area contributed by atoms with Crippen molar-refractivity contribution in [1.82, 2.24) is 9.78 Å². The molecular weight excluding hydrogens is 314 g/mol. The minimum Gasteiger partial charge on any atom is -0.489 e. The smallest absolute Gasteiger partial charge is 0.256 e. The van der Waals surface area contributed by atoms with Crippen LogP contribution in [-0.2, 0) is 13.2 Å². The van der Waals surface area contributed by atoms with Gasteiger partial charge in [-0.15, -0.1) is 0 Å². The lowest BCUT2D eigenvalue weighted by Crippen LogP contribution is -2.15. The van der Waals surface area contributed by atoms with Crippen LogP contribution in [0.4, 0.5) is 5.82 Å². The van der Waals surface area contributed by atoms with Gasteiger partial charge in [0, 0.05) is 18.2 Å². The molecule has 2 aromatic carbocycles. The number of aryl methyl sites for hydroxylation is 1. The van der Waals surface area contributed by atoms with E-state index in [2.05, 4.69) is 17.3 Å². The van der Waals surface area contributed by atoms with Gasteiger partial charge in [0.15, 0.2) is 0 Å². The molecule has 1 amide bonds. The molecule has 5 heteroatoms. The van der Waals surface area contributed by atoms with Gasteiger partial charge in [0.25, 0.3) is 5.91 Å². The Labute approximate surface area is 147 Å². The number of ether oxygens (including phenoxy) is 1. The number of nitrogens with one attached hydrogen (secondary N) is 1. The highest BCUT2D eigenvalue weighted by Crippen LogP contribution is 2.14. The van der Waals surface area contributed by atoms with E-state index in [0.717, 1.165) is 24.3 Å². The number of rotatable bonds is 7. The van der Waals surface area contributed by atoms with Crippen LogP contribution in [0.1, 0.15) is 29.3 Å². The molecule has 128 valence electrons. The molecule has 0 aliphatic carbocycles. The predicted molar refractivity (Wildman–Crippen MR) is 97.7 cm³/mol. The Morgan fingerprint density at radius 2 is 1.84 bits per heavy atom. The van der Waals surface area contributed by atoms with Gasteiger partial charge in [0.05, 0.1) is 6.20 Å². The minimum absolute atomic E-state index is 0.145. The zero-order chi connectivity index (χ0) is 17.5. The summed E-state index contributed by atoms with van der Waals surface area (Å²) in [6, 6.07) is 18.9. The third-order valence-corrected chi connectivity index (χ3v) is 3.76. The zero-order valence-electron chi connectivity index (χ0n) is 14.2. The zero-order valence-corrected chi connectivity index (χ0v) is 14.2. The maximum Gasteiger partial charge on any atom is 0.256 e. The molecule has 0 saturated heterocycles. The summed E-state index contributed by atoms with van der Waals surface area (Å²) in [7, 11) is 0. The highest BCUT2D eigenvalue weighted by Gasteiger charge is 2.09.